The average Bonchev–Trinajstić information content (AvgIpc) is 2.56. The maximum atomic E-state index is 5.84. The van der Waals surface area contributed by atoms with Crippen LogP contribution in [0.2, 0.25) is 0 Å². The van der Waals surface area contributed by atoms with Gasteiger partial charge in [-0.25, -0.2) is 5.43 Å². The molecule has 3 rings (SSSR count). The second kappa shape index (κ2) is 6.04. The molecule has 1 heterocycles. The molecule has 0 spiro atoms. The lowest BCUT2D eigenvalue weighted by Crippen LogP contribution is -2.29. The molecule has 1 aromatic heterocycles. The highest BCUT2D eigenvalue weighted by molar-refractivity contribution is 5.82. The van der Waals surface area contributed by atoms with Crippen molar-refractivity contribution < 1.29 is 0 Å². The average molecular weight is 277 g/mol. The van der Waals surface area contributed by atoms with E-state index in [2.05, 4.69) is 59.8 Å². The number of aryl methyl sites for hydroxylation is 1. The van der Waals surface area contributed by atoms with Crippen LogP contribution in [0.15, 0.2) is 60.8 Å². The van der Waals surface area contributed by atoms with Crippen LogP contribution in [0, 0.1) is 0 Å². The first-order valence-electron chi connectivity index (χ1n) is 7.22. The molecule has 21 heavy (non-hydrogen) atoms. The number of nitrogens with one attached hydrogen (secondary N) is 1. The van der Waals surface area contributed by atoms with Crippen molar-refractivity contribution in [1.82, 2.24) is 10.4 Å². The van der Waals surface area contributed by atoms with Crippen molar-refractivity contribution in [1.29, 1.82) is 0 Å². The van der Waals surface area contributed by atoms with Crippen molar-refractivity contribution >= 4 is 10.9 Å². The Hall–Kier alpha value is -2.23. The van der Waals surface area contributed by atoms with Crippen LogP contribution >= 0.6 is 0 Å². The summed E-state index contributed by atoms with van der Waals surface area (Å²) in [5.74, 6) is 5.84. The lowest BCUT2D eigenvalue weighted by Gasteiger charge is -2.19. The molecular formula is C18H19N3. The Balaban J connectivity index is 2.13. The van der Waals surface area contributed by atoms with E-state index in [9.17, 15) is 0 Å². The Bertz CT molecular complexity index is 747. The Morgan fingerprint density at radius 1 is 1.10 bits per heavy atom. The van der Waals surface area contributed by atoms with Crippen LogP contribution in [0.4, 0.5) is 0 Å². The quantitative estimate of drug-likeness (QED) is 0.568. The standard InChI is InChI=1S/C18H19N3/c1-2-13-6-3-8-15(12-13)18(21-19)16-10-4-7-14-9-5-11-20-17(14)16/h3-12,18,21H,2,19H2,1H3. The van der Waals surface area contributed by atoms with E-state index >= 15 is 0 Å². The molecule has 1 atom stereocenters. The molecule has 1 unspecified atom stereocenters. The van der Waals surface area contributed by atoms with Gasteiger partial charge >= 0.3 is 0 Å². The third kappa shape index (κ3) is 2.66. The fraction of sp³-hybridized carbons (Fsp3) is 0.167. The second-order valence-corrected chi connectivity index (χ2v) is 5.12. The van der Waals surface area contributed by atoms with Crippen LogP contribution in [0.3, 0.4) is 0 Å². The lowest BCUT2D eigenvalue weighted by atomic mass is 9.95. The summed E-state index contributed by atoms with van der Waals surface area (Å²) in [4.78, 5) is 4.52. The van der Waals surface area contributed by atoms with E-state index < -0.39 is 0 Å². The van der Waals surface area contributed by atoms with Crippen molar-refractivity contribution in [3.63, 3.8) is 0 Å². The number of rotatable bonds is 4. The van der Waals surface area contributed by atoms with E-state index in [1.807, 2.05) is 18.3 Å². The van der Waals surface area contributed by atoms with Gasteiger partial charge in [0.15, 0.2) is 0 Å². The molecule has 0 radical (unpaired) electrons. The maximum Gasteiger partial charge on any atom is 0.0753 e. The predicted octanol–water partition coefficient (Wildman–Crippen LogP) is 3.35. The molecule has 0 fully saturated rings. The molecule has 0 aliphatic carbocycles. The first-order valence-corrected chi connectivity index (χ1v) is 7.22. The third-order valence-corrected chi connectivity index (χ3v) is 3.83. The SMILES string of the molecule is CCc1cccc(C(NN)c2cccc3cccnc23)c1. The summed E-state index contributed by atoms with van der Waals surface area (Å²) >= 11 is 0. The number of hydrogen-bond donors (Lipinski definition) is 2. The molecule has 106 valence electrons. The van der Waals surface area contributed by atoms with E-state index in [1.54, 1.807) is 0 Å². The van der Waals surface area contributed by atoms with E-state index in [0.29, 0.717) is 0 Å². The van der Waals surface area contributed by atoms with Gasteiger partial charge < -0.3 is 0 Å². The maximum absolute atomic E-state index is 5.84. The fourth-order valence-corrected chi connectivity index (χ4v) is 2.72. The summed E-state index contributed by atoms with van der Waals surface area (Å²) in [6.45, 7) is 2.16. The molecule has 0 saturated carbocycles. The largest absolute Gasteiger partial charge is 0.271 e. The fourth-order valence-electron chi connectivity index (χ4n) is 2.72. The van der Waals surface area contributed by atoms with Gasteiger partial charge in [-0.1, -0.05) is 55.5 Å². The van der Waals surface area contributed by atoms with Gasteiger partial charge in [0, 0.05) is 17.1 Å². The van der Waals surface area contributed by atoms with Crippen molar-refractivity contribution in [3.05, 3.63) is 77.5 Å². The van der Waals surface area contributed by atoms with Gasteiger partial charge in [-0.05, 0) is 23.6 Å². The second-order valence-electron chi connectivity index (χ2n) is 5.12. The van der Waals surface area contributed by atoms with Crippen molar-refractivity contribution in [3.8, 4) is 0 Å². The zero-order valence-electron chi connectivity index (χ0n) is 12.1. The van der Waals surface area contributed by atoms with Crippen molar-refractivity contribution in [2.24, 2.45) is 5.84 Å². The third-order valence-electron chi connectivity index (χ3n) is 3.83. The molecule has 3 heteroatoms. The monoisotopic (exact) mass is 277 g/mol. The minimum Gasteiger partial charge on any atom is -0.271 e. The molecule has 0 bridgehead atoms. The molecule has 2 aromatic carbocycles. The van der Waals surface area contributed by atoms with Crippen LogP contribution in [-0.4, -0.2) is 4.98 Å². The number of nitrogens with zero attached hydrogens (tertiary/aromatic N) is 1. The van der Waals surface area contributed by atoms with Gasteiger partial charge in [0.2, 0.25) is 0 Å². The van der Waals surface area contributed by atoms with Crippen LogP contribution in [0.25, 0.3) is 10.9 Å². The van der Waals surface area contributed by atoms with Gasteiger partial charge in [-0.2, -0.15) is 0 Å². The first-order chi connectivity index (χ1) is 10.3. The number of para-hydroxylation sites is 1. The number of aromatic nitrogens is 1. The Morgan fingerprint density at radius 2 is 1.90 bits per heavy atom. The minimum absolute atomic E-state index is 0.0601. The predicted molar refractivity (Wildman–Crippen MR) is 86.7 cm³/mol. The number of benzene rings is 2. The van der Waals surface area contributed by atoms with Gasteiger partial charge in [0.25, 0.3) is 0 Å². The molecule has 3 N–H and O–H groups in total. The highest BCUT2D eigenvalue weighted by Gasteiger charge is 2.16. The Kier molecular flexibility index (Phi) is 3.95. The number of pyridine rings is 1. The Labute approximate surface area is 124 Å². The molecule has 0 aliphatic heterocycles. The number of hydrazine groups is 1. The summed E-state index contributed by atoms with van der Waals surface area (Å²) < 4.78 is 0. The molecular weight excluding hydrogens is 258 g/mol. The van der Waals surface area contributed by atoms with Crippen molar-refractivity contribution in [2.75, 3.05) is 0 Å². The van der Waals surface area contributed by atoms with Gasteiger partial charge in [-0.15, -0.1) is 0 Å². The van der Waals surface area contributed by atoms with Crippen molar-refractivity contribution in [2.45, 2.75) is 19.4 Å². The van der Waals surface area contributed by atoms with E-state index in [0.717, 1.165) is 28.5 Å². The van der Waals surface area contributed by atoms with Gasteiger partial charge in [0.05, 0.1) is 11.6 Å². The highest BCUT2D eigenvalue weighted by Crippen LogP contribution is 2.27. The summed E-state index contributed by atoms with van der Waals surface area (Å²) in [5.41, 5.74) is 7.50. The van der Waals surface area contributed by atoms with Crippen LogP contribution < -0.4 is 11.3 Å². The minimum atomic E-state index is -0.0601. The Morgan fingerprint density at radius 3 is 2.71 bits per heavy atom. The summed E-state index contributed by atoms with van der Waals surface area (Å²) in [6.07, 6.45) is 2.83. The highest BCUT2D eigenvalue weighted by atomic mass is 15.2. The lowest BCUT2D eigenvalue weighted by molar-refractivity contribution is 0.639. The molecule has 0 aliphatic rings. The van der Waals surface area contributed by atoms with E-state index in [4.69, 9.17) is 5.84 Å². The molecule has 0 amide bonds. The van der Waals surface area contributed by atoms with E-state index in [1.165, 1.54) is 5.56 Å². The van der Waals surface area contributed by atoms with Crippen LogP contribution in [0.5, 0.6) is 0 Å². The molecule has 3 aromatic rings. The van der Waals surface area contributed by atoms with Gasteiger partial charge in [0.1, 0.15) is 0 Å². The van der Waals surface area contributed by atoms with Crippen LogP contribution in [0.1, 0.15) is 29.7 Å². The summed E-state index contributed by atoms with van der Waals surface area (Å²) in [5, 5.41) is 1.13. The van der Waals surface area contributed by atoms with E-state index in [-0.39, 0.29) is 6.04 Å². The molecule has 0 saturated heterocycles. The molecule has 3 nitrogen and oxygen atoms in total. The zero-order chi connectivity index (χ0) is 14.7. The number of nitrogens with two attached hydrogens (primary N) is 1. The number of fused-ring (bicyclic) bond motifs is 1. The van der Waals surface area contributed by atoms with Crippen LogP contribution in [-0.2, 0) is 6.42 Å². The first kappa shape index (κ1) is 13.7. The summed E-state index contributed by atoms with van der Waals surface area (Å²) in [7, 11) is 0. The topological polar surface area (TPSA) is 50.9 Å². The number of hydrogen-bond acceptors (Lipinski definition) is 3. The smallest absolute Gasteiger partial charge is 0.0753 e. The van der Waals surface area contributed by atoms with Gasteiger partial charge in [-0.3, -0.25) is 10.8 Å². The zero-order valence-corrected chi connectivity index (χ0v) is 12.1. The summed E-state index contributed by atoms with van der Waals surface area (Å²) in [6, 6.07) is 18.7. The normalized spacial score (nSPS) is 12.5.